The van der Waals surface area contributed by atoms with Crippen LogP contribution in [0.15, 0.2) is 57.9 Å². The standard InChI is InChI=1S/C23H26N2O6S/c1-15-11-17(31-25-15)14-32-21-10-5-4-7-18(21)23(27)24-12-16(26)13-30-22-19(28-2)8-6-9-20(22)29-3/h4-11,16,26H,12-14H2,1-3H3,(H,24,27). The van der Waals surface area contributed by atoms with Gasteiger partial charge < -0.3 is 29.2 Å². The Morgan fingerprint density at radius 1 is 1.16 bits per heavy atom. The first kappa shape index (κ1) is 23.5. The summed E-state index contributed by atoms with van der Waals surface area (Å²) < 4.78 is 21.5. The molecule has 0 fully saturated rings. The van der Waals surface area contributed by atoms with Gasteiger partial charge in [0, 0.05) is 17.5 Å². The Hall–Kier alpha value is -3.17. The number of hydrogen-bond donors (Lipinski definition) is 2. The molecule has 3 rings (SSSR count). The fourth-order valence-corrected chi connectivity index (χ4v) is 3.84. The minimum atomic E-state index is -0.925. The zero-order valence-electron chi connectivity index (χ0n) is 18.2. The van der Waals surface area contributed by atoms with E-state index in [1.165, 1.54) is 26.0 Å². The van der Waals surface area contributed by atoms with E-state index >= 15 is 0 Å². The van der Waals surface area contributed by atoms with Crippen LogP contribution >= 0.6 is 11.8 Å². The summed E-state index contributed by atoms with van der Waals surface area (Å²) in [5.74, 6) is 2.40. The highest BCUT2D eigenvalue weighted by Crippen LogP contribution is 2.36. The lowest BCUT2D eigenvalue weighted by molar-refractivity contribution is 0.0831. The number of nitrogens with one attached hydrogen (secondary N) is 1. The summed E-state index contributed by atoms with van der Waals surface area (Å²) in [4.78, 5) is 13.5. The van der Waals surface area contributed by atoms with Gasteiger partial charge in [0.25, 0.3) is 5.91 Å². The second-order valence-corrected chi connectivity index (χ2v) is 7.90. The Kier molecular flexibility index (Phi) is 8.41. The molecule has 1 atom stereocenters. The summed E-state index contributed by atoms with van der Waals surface area (Å²) in [6.45, 7) is 1.84. The topological polar surface area (TPSA) is 103 Å². The lowest BCUT2D eigenvalue weighted by atomic mass is 10.2. The number of hydrogen-bond acceptors (Lipinski definition) is 8. The zero-order chi connectivity index (χ0) is 22.9. The average Bonchev–Trinajstić information content (AvgIpc) is 3.24. The number of benzene rings is 2. The molecule has 0 aliphatic heterocycles. The molecule has 2 N–H and O–H groups in total. The van der Waals surface area contributed by atoms with Gasteiger partial charge in [0.2, 0.25) is 5.75 Å². The number of para-hydroxylation sites is 1. The van der Waals surface area contributed by atoms with Gasteiger partial charge in [-0.25, -0.2) is 0 Å². The molecule has 2 aromatic carbocycles. The maximum atomic E-state index is 12.7. The highest BCUT2D eigenvalue weighted by Gasteiger charge is 2.16. The molecule has 0 aliphatic rings. The molecule has 0 bridgehead atoms. The van der Waals surface area contributed by atoms with E-state index in [-0.39, 0.29) is 19.1 Å². The minimum Gasteiger partial charge on any atom is -0.493 e. The second kappa shape index (κ2) is 11.4. The molecule has 0 aliphatic carbocycles. The second-order valence-electron chi connectivity index (χ2n) is 6.89. The van der Waals surface area contributed by atoms with Gasteiger partial charge in [0.05, 0.1) is 31.2 Å². The molecular formula is C23H26N2O6S. The number of aliphatic hydroxyl groups is 1. The highest BCUT2D eigenvalue weighted by atomic mass is 32.2. The van der Waals surface area contributed by atoms with Crippen LogP contribution < -0.4 is 19.5 Å². The van der Waals surface area contributed by atoms with Crippen molar-refractivity contribution in [3.8, 4) is 17.2 Å². The predicted molar refractivity (Wildman–Crippen MR) is 121 cm³/mol. The Labute approximate surface area is 190 Å². The van der Waals surface area contributed by atoms with Crippen molar-refractivity contribution in [3.63, 3.8) is 0 Å². The number of nitrogens with zero attached hydrogens (tertiary/aromatic N) is 1. The maximum absolute atomic E-state index is 12.7. The number of aryl methyl sites for hydroxylation is 1. The van der Waals surface area contributed by atoms with Crippen molar-refractivity contribution < 1.29 is 28.6 Å². The summed E-state index contributed by atoms with van der Waals surface area (Å²) in [6, 6.07) is 14.4. The quantitative estimate of drug-likeness (QED) is 0.421. The third kappa shape index (κ3) is 6.18. The van der Waals surface area contributed by atoms with Gasteiger partial charge >= 0.3 is 0 Å². The number of aromatic nitrogens is 1. The normalized spacial score (nSPS) is 11.6. The molecule has 1 aromatic heterocycles. The number of methoxy groups -OCH3 is 2. The van der Waals surface area contributed by atoms with Crippen molar-refractivity contribution in [2.24, 2.45) is 0 Å². The molecule has 1 heterocycles. The van der Waals surface area contributed by atoms with Crippen LogP contribution in [-0.4, -0.2) is 49.6 Å². The lowest BCUT2D eigenvalue weighted by Crippen LogP contribution is -2.35. The van der Waals surface area contributed by atoms with Crippen molar-refractivity contribution >= 4 is 17.7 Å². The molecule has 9 heteroatoms. The highest BCUT2D eigenvalue weighted by molar-refractivity contribution is 7.98. The smallest absolute Gasteiger partial charge is 0.252 e. The number of thioether (sulfide) groups is 1. The van der Waals surface area contributed by atoms with Gasteiger partial charge in [-0.2, -0.15) is 0 Å². The van der Waals surface area contributed by atoms with E-state index in [9.17, 15) is 9.90 Å². The van der Waals surface area contributed by atoms with E-state index < -0.39 is 6.10 Å². The Balaban J connectivity index is 1.54. The van der Waals surface area contributed by atoms with Crippen molar-refractivity contribution in [1.29, 1.82) is 0 Å². The van der Waals surface area contributed by atoms with Crippen LogP contribution in [0, 0.1) is 6.92 Å². The van der Waals surface area contributed by atoms with Crippen molar-refractivity contribution in [2.45, 2.75) is 23.7 Å². The molecule has 32 heavy (non-hydrogen) atoms. The minimum absolute atomic E-state index is 0.0244. The molecule has 1 unspecified atom stereocenters. The first-order valence-electron chi connectivity index (χ1n) is 9.96. The van der Waals surface area contributed by atoms with Crippen LogP contribution in [0.3, 0.4) is 0 Å². The fraction of sp³-hybridized carbons (Fsp3) is 0.304. The van der Waals surface area contributed by atoms with Crippen molar-refractivity contribution in [1.82, 2.24) is 10.5 Å². The first-order chi connectivity index (χ1) is 15.5. The van der Waals surface area contributed by atoms with E-state index in [2.05, 4.69) is 10.5 Å². The van der Waals surface area contributed by atoms with Gasteiger partial charge in [0.15, 0.2) is 11.5 Å². The number of carbonyl (C=O) groups excluding carboxylic acids is 1. The zero-order valence-corrected chi connectivity index (χ0v) is 19.0. The lowest BCUT2D eigenvalue weighted by Gasteiger charge is -2.17. The SMILES string of the molecule is COc1cccc(OC)c1OCC(O)CNC(=O)c1ccccc1SCc1cc(C)no1. The van der Waals surface area contributed by atoms with Crippen LogP contribution in [-0.2, 0) is 5.75 Å². The van der Waals surface area contributed by atoms with E-state index in [1.807, 2.05) is 25.1 Å². The molecular weight excluding hydrogens is 432 g/mol. The molecule has 8 nitrogen and oxygen atoms in total. The molecule has 0 saturated heterocycles. The average molecular weight is 459 g/mol. The number of aliphatic hydroxyl groups excluding tert-OH is 1. The summed E-state index contributed by atoms with van der Waals surface area (Å²) >= 11 is 1.48. The third-order valence-corrected chi connectivity index (χ3v) is 5.58. The molecule has 3 aromatic rings. The Bertz CT molecular complexity index is 1020. The Morgan fingerprint density at radius 2 is 1.88 bits per heavy atom. The van der Waals surface area contributed by atoms with Crippen LogP contribution in [0.4, 0.5) is 0 Å². The van der Waals surface area contributed by atoms with Gasteiger partial charge in [-0.3, -0.25) is 4.79 Å². The van der Waals surface area contributed by atoms with Crippen LogP contribution in [0.2, 0.25) is 0 Å². The number of amides is 1. The van der Waals surface area contributed by atoms with Gasteiger partial charge in [0.1, 0.15) is 18.5 Å². The number of carbonyl (C=O) groups is 1. The van der Waals surface area contributed by atoms with Gasteiger partial charge in [-0.05, 0) is 31.2 Å². The largest absolute Gasteiger partial charge is 0.493 e. The van der Waals surface area contributed by atoms with Crippen LogP contribution in [0.1, 0.15) is 21.8 Å². The number of rotatable bonds is 11. The van der Waals surface area contributed by atoms with Crippen LogP contribution in [0.25, 0.3) is 0 Å². The fourth-order valence-electron chi connectivity index (χ4n) is 2.92. The molecule has 0 radical (unpaired) electrons. The van der Waals surface area contributed by atoms with Gasteiger partial charge in [-0.15, -0.1) is 11.8 Å². The number of ether oxygens (including phenoxy) is 3. The monoisotopic (exact) mass is 458 g/mol. The predicted octanol–water partition coefficient (Wildman–Crippen LogP) is 3.46. The molecule has 170 valence electrons. The summed E-state index contributed by atoms with van der Waals surface area (Å²) in [5, 5.41) is 16.9. The van der Waals surface area contributed by atoms with E-state index in [0.29, 0.717) is 28.6 Å². The van der Waals surface area contributed by atoms with E-state index in [4.69, 9.17) is 18.7 Å². The molecule has 1 amide bonds. The summed E-state index contributed by atoms with van der Waals surface area (Å²) in [5.41, 5.74) is 1.34. The maximum Gasteiger partial charge on any atom is 0.252 e. The summed E-state index contributed by atoms with van der Waals surface area (Å²) in [7, 11) is 3.05. The first-order valence-corrected chi connectivity index (χ1v) is 10.9. The summed E-state index contributed by atoms with van der Waals surface area (Å²) in [6.07, 6.45) is -0.925. The van der Waals surface area contributed by atoms with Crippen LogP contribution in [0.5, 0.6) is 17.2 Å². The van der Waals surface area contributed by atoms with E-state index in [1.54, 1.807) is 30.3 Å². The molecule has 0 spiro atoms. The van der Waals surface area contributed by atoms with E-state index in [0.717, 1.165) is 16.3 Å². The van der Waals surface area contributed by atoms with Gasteiger partial charge in [-0.1, -0.05) is 23.4 Å². The van der Waals surface area contributed by atoms with Crippen molar-refractivity contribution in [3.05, 3.63) is 65.5 Å². The Morgan fingerprint density at radius 3 is 2.53 bits per heavy atom. The third-order valence-electron chi connectivity index (χ3n) is 4.48. The molecule has 0 saturated carbocycles. The van der Waals surface area contributed by atoms with Crippen molar-refractivity contribution in [2.75, 3.05) is 27.4 Å².